The molecule has 0 aliphatic rings. The quantitative estimate of drug-likeness (QED) is 0.783. The highest BCUT2D eigenvalue weighted by molar-refractivity contribution is 6.30. The zero-order valence-electron chi connectivity index (χ0n) is 9.40. The van der Waals surface area contributed by atoms with Crippen molar-refractivity contribution in [2.24, 2.45) is 0 Å². The van der Waals surface area contributed by atoms with Crippen LogP contribution in [-0.2, 0) is 0 Å². The summed E-state index contributed by atoms with van der Waals surface area (Å²) in [6, 6.07) is 13.6. The normalized spacial score (nSPS) is 10.1. The molecular weight excluding hydrogens is 271 g/mol. The van der Waals surface area contributed by atoms with Gasteiger partial charge >= 0.3 is 0 Å². The molecule has 18 heavy (non-hydrogen) atoms. The summed E-state index contributed by atoms with van der Waals surface area (Å²) in [5.41, 5.74) is 0.577. The van der Waals surface area contributed by atoms with Gasteiger partial charge in [0.05, 0.1) is 0 Å². The predicted molar refractivity (Wildman–Crippen MR) is 72.7 cm³/mol. The number of carbonyl (C=O) groups is 1. The number of ether oxygens (including phenoxy) is 1. The smallest absolute Gasteiger partial charge is 0.200 e. The van der Waals surface area contributed by atoms with Gasteiger partial charge in [-0.05, 0) is 48.5 Å². The Morgan fingerprint density at radius 3 is 1.94 bits per heavy atom. The SMILES string of the molecule is O=C(COc1ccc(Cl)cc1)c1ccc(Cl)cc1. The van der Waals surface area contributed by atoms with Crippen molar-refractivity contribution in [2.45, 2.75) is 0 Å². The van der Waals surface area contributed by atoms with Gasteiger partial charge in [0.15, 0.2) is 12.4 Å². The van der Waals surface area contributed by atoms with Crippen molar-refractivity contribution in [3.8, 4) is 5.75 Å². The summed E-state index contributed by atoms with van der Waals surface area (Å²) in [5.74, 6) is 0.517. The maximum Gasteiger partial charge on any atom is 0.200 e. The third-order valence-electron chi connectivity index (χ3n) is 2.35. The van der Waals surface area contributed by atoms with Crippen molar-refractivity contribution in [3.63, 3.8) is 0 Å². The average molecular weight is 281 g/mol. The van der Waals surface area contributed by atoms with Gasteiger partial charge in [0.25, 0.3) is 0 Å². The second-order valence-electron chi connectivity index (χ2n) is 3.67. The molecule has 0 aliphatic heterocycles. The molecule has 0 saturated carbocycles. The lowest BCUT2D eigenvalue weighted by atomic mass is 10.1. The number of halogens is 2. The lowest BCUT2D eigenvalue weighted by Gasteiger charge is -2.05. The number of rotatable bonds is 4. The average Bonchev–Trinajstić information content (AvgIpc) is 2.38. The van der Waals surface area contributed by atoms with Gasteiger partial charge in [-0.3, -0.25) is 4.79 Å². The molecule has 0 heterocycles. The summed E-state index contributed by atoms with van der Waals surface area (Å²) in [4.78, 5) is 11.8. The van der Waals surface area contributed by atoms with Gasteiger partial charge in [0, 0.05) is 15.6 Å². The largest absolute Gasteiger partial charge is 0.485 e. The van der Waals surface area contributed by atoms with Crippen molar-refractivity contribution in [3.05, 3.63) is 64.1 Å². The summed E-state index contributed by atoms with van der Waals surface area (Å²) in [6.07, 6.45) is 0. The molecule has 0 amide bonds. The van der Waals surface area contributed by atoms with E-state index in [1.165, 1.54) is 0 Å². The minimum absolute atomic E-state index is 0.0107. The molecule has 2 rings (SSSR count). The number of ketones is 1. The molecule has 4 heteroatoms. The maximum absolute atomic E-state index is 11.8. The van der Waals surface area contributed by atoms with Crippen LogP contribution in [0.15, 0.2) is 48.5 Å². The molecule has 0 N–H and O–H groups in total. The molecule has 0 spiro atoms. The van der Waals surface area contributed by atoms with Crippen LogP contribution in [0.25, 0.3) is 0 Å². The van der Waals surface area contributed by atoms with Crippen molar-refractivity contribution in [1.82, 2.24) is 0 Å². The second kappa shape index (κ2) is 5.89. The molecule has 0 saturated heterocycles. The number of hydrogen-bond donors (Lipinski definition) is 0. The molecule has 0 radical (unpaired) electrons. The minimum atomic E-state index is -0.0957. The van der Waals surface area contributed by atoms with Crippen molar-refractivity contribution in [2.75, 3.05) is 6.61 Å². The molecule has 2 aromatic carbocycles. The van der Waals surface area contributed by atoms with Crippen molar-refractivity contribution < 1.29 is 9.53 Å². The number of benzene rings is 2. The first-order chi connectivity index (χ1) is 8.65. The summed E-state index contributed by atoms with van der Waals surface area (Å²) in [6.45, 7) is -0.0107. The summed E-state index contributed by atoms with van der Waals surface area (Å²) in [7, 11) is 0. The topological polar surface area (TPSA) is 26.3 Å². The van der Waals surface area contributed by atoms with Crippen LogP contribution in [0.1, 0.15) is 10.4 Å². The van der Waals surface area contributed by atoms with E-state index in [0.29, 0.717) is 21.4 Å². The van der Waals surface area contributed by atoms with Gasteiger partial charge < -0.3 is 4.74 Å². The lowest BCUT2D eigenvalue weighted by molar-refractivity contribution is 0.0921. The Balaban J connectivity index is 1.96. The van der Waals surface area contributed by atoms with Crippen LogP contribution in [0, 0.1) is 0 Å². The Labute approximate surface area is 115 Å². The fourth-order valence-corrected chi connectivity index (χ4v) is 1.65. The molecule has 0 aromatic heterocycles. The van der Waals surface area contributed by atoms with Crippen LogP contribution in [0.3, 0.4) is 0 Å². The zero-order valence-corrected chi connectivity index (χ0v) is 10.9. The van der Waals surface area contributed by atoms with Crippen LogP contribution in [0.2, 0.25) is 10.0 Å². The molecule has 2 aromatic rings. The van der Waals surface area contributed by atoms with E-state index in [1.54, 1.807) is 48.5 Å². The van der Waals surface area contributed by atoms with Crippen molar-refractivity contribution in [1.29, 1.82) is 0 Å². The van der Waals surface area contributed by atoms with E-state index in [1.807, 2.05) is 0 Å². The van der Waals surface area contributed by atoms with Crippen LogP contribution < -0.4 is 4.74 Å². The molecular formula is C14H10Cl2O2. The van der Waals surface area contributed by atoms with Crippen LogP contribution in [-0.4, -0.2) is 12.4 Å². The monoisotopic (exact) mass is 280 g/mol. The van der Waals surface area contributed by atoms with E-state index in [-0.39, 0.29) is 12.4 Å². The standard InChI is InChI=1S/C14H10Cl2O2/c15-11-3-1-10(2-4-11)14(17)9-18-13-7-5-12(16)6-8-13/h1-8H,9H2. The molecule has 0 bridgehead atoms. The molecule has 0 aliphatic carbocycles. The molecule has 0 fully saturated rings. The Kier molecular flexibility index (Phi) is 4.24. The highest BCUT2D eigenvalue weighted by atomic mass is 35.5. The Morgan fingerprint density at radius 1 is 0.889 bits per heavy atom. The van der Waals surface area contributed by atoms with Gasteiger partial charge in [-0.15, -0.1) is 0 Å². The van der Waals surface area contributed by atoms with Crippen LogP contribution in [0.4, 0.5) is 0 Å². The second-order valence-corrected chi connectivity index (χ2v) is 4.55. The Bertz CT molecular complexity index is 533. The maximum atomic E-state index is 11.8. The van der Waals surface area contributed by atoms with E-state index in [0.717, 1.165) is 0 Å². The predicted octanol–water partition coefficient (Wildman–Crippen LogP) is 4.26. The highest BCUT2D eigenvalue weighted by Crippen LogP contribution is 2.16. The Morgan fingerprint density at radius 2 is 1.39 bits per heavy atom. The highest BCUT2D eigenvalue weighted by Gasteiger charge is 2.06. The van der Waals surface area contributed by atoms with Gasteiger partial charge in [-0.25, -0.2) is 0 Å². The summed E-state index contributed by atoms with van der Waals surface area (Å²) < 4.78 is 5.37. The Hall–Kier alpha value is -1.51. The first kappa shape index (κ1) is 12.9. The van der Waals surface area contributed by atoms with Gasteiger partial charge in [0.2, 0.25) is 0 Å². The first-order valence-electron chi connectivity index (χ1n) is 5.32. The van der Waals surface area contributed by atoms with Crippen LogP contribution >= 0.6 is 23.2 Å². The zero-order chi connectivity index (χ0) is 13.0. The third kappa shape index (κ3) is 3.49. The molecule has 0 unspecified atom stereocenters. The fraction of sp³-hybridized carbons (Fsp3) is 0.0714. The fourth-order valence-electron chi connectivity index (χ4n) is 1.40. The minimum Gasteiger partial charge on any atom is -0.485 e. The van der Waals surface area contributed by atoms with Crippen molar-refractivity contribution >= 4 is 29.0 Å². The molecule has 92 valence electrons. The summed E-state index contributed by atoms with van der Waals surface area (Å²) in [5, 5.41) is 1.23. The number of hydrogen-bond acceptors (Lipinski definition) is 2. The van der Waals surface area contributed by atoms with E-state index < -0.39 is 0 Å². The van der Waals surface area contributed by atoms with E-state index in [2.05, 4.69) is 0 Å². The lowest BCUT2D eigenvalue weighted by Crippen LogP contribution is -2.11. The first-order valence-corrected chi connectivity index (χ1v) is 6.08. The van der Waals surface area contributed by atoms with Gasteiger partial charge in [0.1, 0.15) is 5.75 Å². The van der Waals surface area contributed by atoms with Gasteiger partial charge in [-0.2, -0.15) is 0 Å². The van der Waals surface area contributed by atoms with Crippen LogP contribution in [0.5, 0.6) is 5.75 Å². The van der Waals surface area contributed by atoms with E-state index in [4.69, 9.17) is 27.9 Å². The number of Topliss-reactive ketones (excluding diaryl/α,β-unsaturated/α-hetero) is 1. The van der Waals surface area contributed by atoms with E-state index in [9.17, 15) is 4.79 Å². The molecule has 2 nitrogen and oxygen atoms in total. The third-order valence-corrected chi connectivity index (χ3v) is 2.85. The molecule has 0 atom stereocenters. The van der Waals surface area contributed by atoms with Gasteiger partial charge in [-0.1, -0.05) is 23.2 Å². The van der Waals surface area contributed by atoms with E-state index >= 15 is 0 Å². The summed E-state index contributed by atoms with van der Waals surface area (Å²) >= 11 is 11.5. The number of carbonyl (C=O) groups excluding carboxylic acids is 1.